The molecule has 0 spiro atoms. The molecule has 1 aromatic rings. The van der Waals surface area contributed by atoms with E-state index in [0.29, 0.717) is 12.1 Å². The first-order valence-electron chi connectivity index (χ1n) is 6.67. The molecule has 1 aromatic carbocycles. The Hall–Kier alpha value is -1.44. The van der Waals surface area contributed by atoms with Gasteiger partial charge in [-0.1, -0.05) is 6.92 Å². The average Bonchev–Trinajstić information content (AvgIpc) is 3.13. The molecule has 3 N–H and O–H groups in total. The van der Waals surface area contributed by atoms with Crippen LogP contribution in [0.3, 0.4) is 0 Å². The molecule has 0 saturated heterocycles. The molecular weight excluding hydrogens is 292 g/mol. The first-order valence-corrected chi connectivity index (χ1v) is 8.22. The van der Waals surface area contributed by atoms with Crippen molar-refractivity contribution in [1.82, 2.24) is 5.32 Å². The highest BCUT2D eigenvalue weighted by Crippen LogP contribution is 2.44. The van der Waals surface area contributed by atoms with Crippen LogP contribution in [0.2, 0.25) is 0 Å². The van der Waals surface area contributed by atoms with Crippen molar-refractivity contribution in [2.75, 3.05) is 13.7 Å². The van der Waals surface area contributed by atoms with Crippen molar-refractivity contribution in [3.8, 4) is 0 Å². The van der Waals surface area contributed by atoms with Crippen molar-refractivity contribution in [2.45, 2.75) is 31.3 Å². The minimum absolute atomic E-state index is 0.0835. The number of hydrogen-bond acceptors (Lipinski definition) is 4. The molecule has 6 nitrogen and oxygen atoms in total. The number of ether oxygens (including phenoxy) is 1. The van der Waals surface area contributed by atoms with Crippen LogP contribution in [0.5, 0.6) is 0 Å². The summed E-state index contributed by atoms with van der Waals surface area (Å²) >= 11 is 0. The molecule has 7 heteroatoms. The van der Waals surface area contributed by atoms with Gasteiger partial charge in [0.15, 0.2) is 0 Å². The van der Waals surface area contributed by atoms with E-state index in [-0.39, 0.29) is 28.4 Å². The third kappa shape index (κ3) is 4.26. The van der Waals surface area contributed by atoms with Gasteiger partial charge in [0.1, 0.15) is 0 Å². The number of benzene rings is 1. The van der Waals surface area contributed by atoms with Crippen LogP contribution in [-0.4, -0.2) is 28.0 Å². The van der Waals surface area contributed by atoms with Gasteiger partial charge < -0.3 is 10.1 Å². The van der Waals surface area contributed by atoms with E-state index >= 15 is 0 Å². The summed E-state index contributed by atoms with van der Waals surface area (Å²) < 4.78 is 28.0. The molecule has 0 unspecified atom stereocenters. The molecule has 0 heterocycles. The van der Waals surface area contributed by atoms with Crippen molar-refractivity contribution in [2.24, 2.45) is 10.6 Å². The molecule has 1 fully saturated rings. The highest BCUT2D eigenvalue weighted by Gasteiger charge is 2.37. The number of sulfonamides is 1. The van der Waals surface area contributed by atoms with Gasteiger partial charge >= 0.3 is 0 Å². The summed E-state index contributed by atoms with van der Waals surface area (Å²) in [5.74, 6) is -0.300. The normalized spacial score (nSPS) is 16.5. The number of rotatable bonds is 6. The third-order valence-corrected chi connectivity index (χ3v) is 4.54. The Labute approximate surface area is 124 Å². The Kier molecular flexibility index (Phi) is 4.36. The van der Waals surface area contributed by atoms with E-state index in [1.807, 2.05) is 0 Å². The lowest BCUT2D eigenvalue weighted by atomic mass is 10.1. The summed E-state index contributed by atoms with van der Waals surface area (Å²) in [5.41, 5.74) is 1.05. The van der Waals surface area contributed by atoms with Crippen molar-refractivity contribution in [1.29, 1.82) is 0 Å². The molecule has 0 radical (unpaired) electrons. The lowest BCUT2D eigenvalue weighted by Crippen LogP contribution is -2.29. The summed E-state index contributed by atoms with van der Waals surface area (Å²) in [4.78, 5) is 12.1. The summed E-state index contributed by atoms with van der Waals surface area (Å²) in [7, 11) is -2.37. The Morgan fingerprint density at radius 1 is 1.38 bits per heavy atom. The van der Waals surface area contributed by atoms with Crippen LogP contribution in [0.4, 0.5) is 0 Å². The maximum absolute atomic E-state index is 12.2. The number of hydrogen-bond donors (Lipinski definition) is 2. The maximum Gasteiger partial charge on any atom is 0.251 e. The third-order valence-electron chi connectivity index (χ3n) is 3.65. The zero-order valence-corrected chi connectivity index (χ0v) is 13.0. The fourth-order valence-corrected chi connectivity index (χ4v) is 2.60. The number of nitrogens with two attached hydrogens (primary N) is 1. The number of nitrogens with one attached hydrogen (secondary N) is 1. The standard InChI is InChI=1S/C14H20N2O4S/c1-14(3-4-14)9-16-13(17)11-5-10(8-20-2)6-12(7-11)21(15,18)19/h5-7H,3-4,8-9H2,1-2H3,(H,16,17)(H2,15,18,19). The van der Waals surface area contributed by atoms with Gasteiger partial charge in [0.05, 0.1) is 11.5 Å². The highest BCUT2D eigenvalue weighted by molar-refractivity contribution is 7.89. The Bertz CT molecular complexity index is 651. The van der Waals surface area contributed by atoms with Crippen LogP contribution in [0.25, 0.3) is 0 Å². The van der Waals surface area contributed by atoms with Gasteiger partial charge in [-0.3, -0.25) is 4.79 Å². The lowest BCUT2D eigenvalue weighted by Gasteiger charge is -2.12. The number of carbonyl (C=O) groups excluding carboxylic acids is 1. The molecule has 0 bridgehead atoms. The molecule has 1 saturated carbocycles. The van der Waals surface area contributed by atoms with Crippen LogP contribution in [-0.2, 0) is 21.4 Å². The predicted molar refractivity (Wildman–Crippen MR) is 78.2 cm³/mol. The Morgan fingerprint density at radius 2 is 2.05 bits per heavy atom. The van der Waals surface area contributed by atoms with Crippen LogP contribution < -0.4 is 10.5 Å². The fraction of sp³-hybridized carbons (Fsp3) is 0.500. The van der Waals surface area contributed by atoms with E-state index in [0.717, 1.165) is 12.8 Å². The monoisotopic (exact) mass is 312 g/mol. The SMILES string of the molecule is COCc1cc(C(=O)NCC2(C)CC2)cc(S(N)(=O)=O)c1. The molecule has 116 valence electrons. The van der Waals surface area contributed by atoms with Crippen molar-refractivity contribution < 1.29 is 17.9 Å². The van der Waals surface area contributed by atoms with Gasteiger partial charge in [0.25, 0.3) is 5.91 Å². The second-order valence-electron chi connectivity index (χ2n) is 5.84. The van der Waals surface area contributed by atoms with Crippen LogP contribution in [0.15, 0.2) is 23.1 Å². The number of primary sulfonamides is 1. The van der Waals surface area contributed by atoms with Crippen LogP contribution >= 0.6 is 0 Å². The molecule has 0 aromatic heterocycles. The molecule has 1 aliphatic rings. The van der Waals surface area contributed by atoms with Gasteiger partial charge in [-0.05, 0) is 42.0 Å². The predicted octanol–water partition coefficient (Wildman–Crippen LogP) is 1.01. The summed E-state index contributed by atoms with van der Waals surface area (Å²) in [5, 5.41) is 7.98. The molecular formula is C14H20N2O4S. The Balaban J connectivity index is 2.24. The molecule has 2 rings (SSSR count). The van der Waals surface area contributed by atoms with E-state index in [1.165, 1.54) is 19.2 Å². The quantitative estimate of drug-likeness (QED) is 0.819. The van der Waals surface area contributed by atoms with Gasteiger partial charge in [0, 0.05) is 19.2 Å². The topological polar surface area (TPSA) is 98.5 Å². The average molecular weight is 312 g/mol. The lowest BCUT2D eigenvalue weighted by molar-refractivity contribution is 0.0945. The maximum atomic E-state index is 12.2. The van der Waals surface area contributed by atoms with E-state index in [9.17, 15) is 13.2 Å². The summed E-state index contributed by atoms with van der Waals surface area (Å²) in [6.07, 6.45) is 2.19. The van der Waals surface area contributed by atoms with Gasteiger partial charge in [-0.15, -0.1) is 0 Å². The molecule has 1 aliphatic carbocycles. The highest BCUT2D eigenvalue weighted by atomic mass is 32.2. The number of amides is 1. The van der Waals surface area contributed by atoms with Gasteiger partial charge in [-0.25, -0.2) is 13.6 Å². The van der Waals surface area contributed by atoms with Crippen molar-refractivity contribution >= 4 is 15.9 Å². The largest absolute Gasteiger partial charge is 0.380 e. The fourth-order valence-electron chi connectivity index (χ4n) is 1.99. The van der Waals surface area contributed by atoms with E-state index in [2.05, 4.69) is 12.2 Å². The summed E-state index contributed by atoms with van der Waals surface area (Å²) in [6, 6.07) is 4.32. The number of carbonyl (C=O) groups is 1. The number of methoxy groups -OCH3 is 1. The molecule has 0 atom stereocenters. The second kappa shape index (κ2) is 5.75. The first kappa shape index (κ1) is 15.9. The zero-order chi connectivity index (χ0) is 15.7. The van der Waals surface area contributed by atoms with Crippen molar-refractivity contribution in [3.05, 3.63) is 29.3 Å². The van der Waals surface area contributed by atoms with Gasteiger partial charge in [-0.2, -0.15) is 0 Å². The molecule has 0 aliphatic heterocycles. The Morgan fingerprint density at radius 3 is 2.57 bits per heavy atom. The second-order valence-corrected chi connectivity index (χ2v) is 7.40. The minimum Gasteiger partial charge on any atom is -0.380 e. The molecule has 1 amide bonds. The van der Waals surface area contributed by atoms with Crippen LogP contribution in [0, 0.1) is 5.41 Å². The van der Waals surface area contributed by atoms with Gasteiger partial charge in [0.2, 0.25) is 10.0 Å². The van der Waals surface area contributed by atoms with E-state index in [4.69, 9.17) is 9.88 Å². The zero-order valence-electron chi connectivity index (χ0n) is 12.2. The first-order chi connectivity index (χ1) is 9.73. The smallest absolute Gasteiger partial charge is 0.251 e. The van der Waals surface area contributed by atoms with E-state index in [1.54, 1.807) is 6.07 Å². The van der Waals surface area contributed by atoms with Crippen LogP contribution in [0.1, 0.15) is 35.7 Å². The molecule has 21 heavy (non-hydrogen) atoms. The summed E-state index contributed by atoms with van der Waals surface area (Å²) in [6.45, 7) is 2.90. The van der Waals surface area contributed by atoms with Crippen molar-refractivity contribution in [3.63, 3.8) is 0 Å². The van der Waals surface area contributed by atoms with E-state index < -0.39 is 10.0 Å². The minimum atomic E-state index is -3.87.